The van der Waals surface area contributed by atoms with Gasteiger partial charge >= 0.3 is 0 Å². The van der Waals surface area contributed by atoms with Crippen LogP contribution in [0.25, 0.3) is 0 Å². The minimum atomic E-state index is -0.866. The Balaban J connectivity index is 2.41. The van der Waals surface area contributed by atoms with E-state index >= 15 is 0 Å². The molecule has 3 nitrogen and oxygen atoms in total. The smallest absolute Gasteiger partial charge is 0.142 e. The predicted octanol–water partition coefficient (Wildman–Crippen LogP) is 2.40. The second kappa shape index (κ2) is 4.35. The molecule has 0 aliphatic heterocycles. The van der Waals surface area contributed by atoms with Crippen LogP contribution in [0, 0.1) is 5.82 Å². The Labute approximate surface area is 101 Å². The molecule has 1 unspecified atom stereocenters. The number of aliphatic hydroxyl groups excluding tert-OH is 1. The van der Waals surface area contributed by atoms with Crippen LogP contribution in [0.3, 0.4) is 0 Å². The van der Waals surface area contributed by atoms with E-state index in [9.17, 15) is 9.50 Å². The van der Waals surface area contributed by atoms with Crippen molar-refractivity contribution in [2.75, 3.05) is 0 Å². The summed E-state index contributed by atoms with van der Waals surface area (Å²) in [4.78, 5) is 4.05. The quantitative estimate of drug-likeness (QED) is 0.920. The largest absolute Gasteiger partial charge is 0.380 e. The molecule has 1 atom stereocenters. The zero-order chi connectivity index (χ0) is 11.7. The fourth-order valence-corrected chi connectivity index (χ4v) is 2.07. The fraction of sp³-hybridized carbons (Fsp3) is 0.182. The highest BCUT2D eigenvalue weighted by molar-refractivity contribution is 9.10. The highest BCUT2D eigenvalue weighted by Gasteiger charge is 2.17. The number of imidazole rings is 1. The highest BCUT2D eigenvalue weighted by Crippen LogP contribution is 2.27. The molecule has 5 heteroatoms. The third-order valence-electron chi connectivity index (χ3n) is 2.36. The normalized spacial score (nSPS) is 12.8. The lowest BCUT2D eigenvalue weighted by molar-refractivity contribution is 0.205. The number of aryl methyl sites for hydroxylation is 1. The van der Waals surface area contributed by atoms with Crippen molar-refractivity contribution in [3.63, 3.8) is 0 Å². The first-order chi connectivity index (χ1) is 7.59. The molecule has 1 N–H and O–H groups in total. The van der Waals surface area contributed by atoms with Crippen LogP contribution in [0.5, 0.6) is 0 Å². The van der Waals surface area contributed by atoms with Crippen molar-refractivity contribution < 1.29 is 9.50 Å². The van der Waals surface area contributed by atoms with E-state index in [0.717, 1.165) is 0 Å². The van der Waals surface area contributed by atoms with Gasteiger partial charge in [-0.15, -0.1) is 0 Å². The molecule has 2 aromatic rings. The molecular formula is C11H10BrFN2O. The van der Waals surface area contributed by atoms with Crippen LogP contribution in [-0.4, -0.2) is 14.7 Å². The van der Waals surface area contributed by atoms with Gasteiger partial charge in [-0.05, 0) is 12.1 Å². The summed E-state index contributed by atoms with van der Waals surface area (Å²) in [5, 5.41) is 10.1. The summed E-state index contributed by atoms with van der Waals surface area (Å²) in [6.45, 7) is 0. The van der Waals surface area contributed by atoms with Gasteiger partial charge in [0, 0.05) is 29.5 Å². The third kappa shape index (κ3) is 2.01. The van der Waals surface area contributed by atoms with E-state index < -0.39 is 6.10 Å². The molecule has 0 fully saturated rings. The first-order valence-corrected chi connectivity index (χ1v) is 5.49. The number of aliphatic hydroxyl groups is 1. The molecule has 2 rings (SSSR count). The lowest BCUT2D eigenvalue weighted by Gasteiger charge is -2.12. The molecule has 0 saturated heterocycles. The second-order valence-corrected chi connectivity index (χ2v) is 4.32. The molecule has 1 heterocycles. The van der Waals surface area contributed by atoms with Gasteiger partial charge in [0.05, 0.1) is 0 Å². The van der Waals surface area contributed by atoms with Crippen LogP contribution in [0.1, 0.15) is 17.5 Å². The van der Waals surface area contributed by atoms with Gasteiger partial charge in [0.2, 0.25) is 0 Å². The number of hydrogen-bond acceptors (Lipinski definition) is 2. The second-order valence-electron chi connectivity index (χ2n) is 3.46. The van der Waals surface area contributed by atoms with Crippen molar-refractivity contribution in [1.82, 2.24) is 9.55 Å². The summed E-state index contributed by atoms with van der Waals surface area (Å²) in [5.41, 5.74) is 0.593. The summed E-state index contributed by atoms with van der Waals surface area (Å²) < 4.78 is 15.2. The van der Waals surface area contributed by atoms with Gasteiger partial charge in [-0.2, -0.15) is 0 Å². The van der Waals surface area contributed by atoms with Crippen molar-refractivity contribution >= 4 is 15.9 Å². The fourth-order valence-electron chi connectivity index (χ4n) is 1.50. The Kier molecular flexibility index (Phi) is 3.07. The summed E-state index contributed by atoms with van der Waals surface area (Å²) in [5.74, 6) is 0.176. The predicted molar refractivity (Wildman–Crippen MR) is 61.4 cm³/mol. The summed E-state index contributed by atoms with van der Waals surface area (Å²) >= 11 is 3.22. The van der Waals surface area contributed by atoms with Crippen molar-refractivity contribution in [3.05, 3.63) is 52.3 Å². The molecule has 0 amide bonds. The van der Waals surface area contributed by atoms with Gasteiger partial charge in [-0.3, -0.25) is 0 Å². The van der Waals surface area contributed by atoms with E-state index in [0.29, 0.717) is 15.9 Å². The van der Waals surface area contributed by atoms with E-state index in [-0.39, 0.29) is 5.82 Å². The molecular weight excluding hydrogens is 275 g/mol. The Morgan fingerprint density at radius 3 is 2.81 bits per heavy atom. The van der Waals surface area contributed by atoms with Gasteiger partial charge in [0.15, 0.2) is 0 Å². The van der Waals surface area contributed by atoms with E-state index in [1.165, 1.54) is 12.1 Å². The van der Waals surface area contributed by atoms with Crippen molar-refractivity contribution in [3.8, 4) is 0 Å². The molecule has 0 aliphatic rings. The molecule has 16 heavy (non-hydrogen) atoms. The first kappa shape index (κ1) is 11.3. The van der Waals surface area contributed by atoms with Crippen LogP contribution in [0.15, 0.2) is 35.1 Å². The molecule has 1 aromatic carbocycles. The average molecular weight is 285 g/mol. The van der Waals surface area contributed by atoms with Crippen LogP contribution < -0.4 is 0 Å². The number of aromatic nitrogens is 2. The molecule has 0 aliphatic carbocycles. The lowest BCUT2D eigenvalue weighted by Crippen LogP contribution is -2.07. The third-order valence-corrected chi connectivity index (χ3v) is 3.05. The highest BCUT2D eigenvalue weighted by atomic mass is 79.9. The minimum absolute atomic E-state index is 0.345. The number of halogens is 2. The SMILES string of the molecule is Cn1ccnc1C(O)c1ccc(F)cc1Br. The van der Waals surface area contributed by atoms with E-state index in [1.54, 1.807) is 30.1 Å². The van der Waals surface area contributed by atoms with Gasteiger partial charge in [0.1, 0.15) is 17.7 Å². The van der Waals surface area contributed by atoms with Crippen molar-refractivity contribution in [2.45, 2.75) is 6.10 Å². The zero-order valence-corrected chi connectivity index (χ0v) is 10.1. The monoisotopic (exact) mass is 284 g/mol. The summed E-state index contributed by atoms with van der Waals surface area (Å²) in [7, 11) is 1.79. The molecule has 0 radical (unpaired) electrons. The first-order valence-electron chi connectivity index (χ1n) is 4.70. The maximum Gasteiger partial charge on any atom is 0.142 e. The Morgan fingerprint density at radius 1 is 1.50 bits per heavy atom. The molecule has 0 bridgehead atoms. The summed E-state index contributed by atoms with van der Waals surface area (Å²) in [6.07, 6.45) is 2.49. The topological polar surface area (TPSA) is 38.0 Å². The minimum Gasteiger partial charge on any atom is -0.380 e. The van der Waals surface area contributed by atoms with E-state index in [1.807, 2.05) is 0 Å². The molecule has 84 valence electrons. The molecule has 1 aromatic heterocycles. The molecule has 0 saturated carbocycles. The molecule has 0 spiro atoms. The van der Waals surface area contributed by atoms with Gasteiger partial charge in [-0.1, -0.05) is 22.0 Å². The Bertz CT molecular complexity index is 512. The van der Waals surface area contributed by atoms with Crippen molar-refractivity contribution in [2.24, 2.45) is 7.05 Å². The number of rotatable bonds is 2. The van der Waals surface area contributed by atoms with Gasteiger partial charge in [-0.25, -0.2) is 9.37 Å². The number of benzene rings is 1. The Morgan fingerprint density at radius 2 is 2.25 bits per heavy atom. The van der Waals surface area contributed by atoms with Crippen LogP contribution in [0.2, 0.25) is 0 Å². The van der Waals surface area contributed by atoms with Crippen LogP contribution in [-0.2, 0) is 7.05 Å². The average Bonchev–Trinajstić information content (AvgIpc) is 2.63. The maximum absolute atomic E-state index is 12.9. The van der Waals surface area contributed by atoms with Gasteiger partial charge in [0.25, 0.3) is 0 Å². The Hall–Kier alpha value is -1.20. The summed E-state index contributed by atoms with van der Waals surface area (Å²) in [6, 6.07) is 4.17. The van der Waals surface area contributed by atoms with E-state index in [2.05, 4.69) is 20.9 Å². The number of hydrogen-bond donors (Lipinski definition) is 1. The zero-order valence-electron chi connectivity index (χ0n) is 8.56. The maximum atomic E-state index is 12.9. The van der Waals surface area contributed by atoms with Crippen molar-refractivity contribution in [1.29, 1.82) is 0 Å². The van der Waals surface area contributed by atoms with Gasteiger partial charge < -0.3 is 9.67 Å². The lowest BCUT2D eigenvalue weighted by atomic mass is 10.1. The van der Waals surface area contributed by atoms with E-state index in [4.69, 9.17) is 0 Å². The standard InChI is InChI=1S/C11H10BrFN2O/c1-15-5-4-14-11(15)10(16)8-3-2-7(13)6-9(8)12/h2-6,10,16H,1H3. The van der Waals surface area contributed by atoms with Crippen LogP contribution >= 0.6 is 15.9 Å². The van der Waals surface area contributed by atoms with Crippen LogP contribution in [0.4, 0.5) is 4.39 Å². The number of nitrogens with zero attached hydrogens (tertiary/aromatic N) is 2.